The van der Waals surface area contributed by atoms with E-state index in [1.54, 1.807) is 0 Å². The molecular weight excluding hydrogens is 198 g/mol. The van der Waals surface area contributed by atoms with Crippen molar-refractivity contribution in [1.29, 1.82) is 0 Å². The molecule has 0 atom stereocenters. The van der Waals surface area contributed by atoms with Gasteiger partial charge in [-0.2, -0.15) is 0 Å². The summed E-state index contributed by atoms with van der Waals surface area (Å²) in [6.45, 7) is 2.01. The maximum atomic E-state index is 12.1. The van der Waals surface area contributed by atoms with Crippen LogP contribution in [0.2, 0.25) is 0 Å². The van der Waals surface area contributed by atoms with E-state index in [1.807, 2.05) is 67.3 Å². The third kappa shape index (κ3) is 2.16. The highest BCUT2D eigenvalue weighted by atomic mass is 16.1. The molecule has 0 aliphatic carbocycles. The second-order valence-corrected chi connectivity index (χ2v) is 3.95. The lowest BCUT2D eigenvalue weighted by molar-refractivity contribution is -0.671. The number of benzene rings is 1. The molecule has 0 radical (unpaired) electrons. The van der Waals surface area contributed by atoms with Crippen LogP contribution in [0.1, 0.15) is 21.5 Å². The number of hydrogen-bond acceptors (Lipinski definition) is 1. The number of carbonyl (C=O) groups excluding carboxylic acids is 1. The Kier molecular flexibility index (Phi) is 2.82. The minimum Gasteiger partial charge on any atom is -0.288 e. The van der Waals surface area contributed by atoms with Gasteiger partial charge in [0.2, 0.25) is 0 Å². The van der Waals surface area contributed by atoms with E-state index in [4.69, 9.17) is 0 Å². The van der Waals surface area contributed by atoms with E-state index >= 15 is 0 Å². The Morgan fingerprint density at radius 3 is 2.38 bits per heavy atom. The van der Waals surface area contributed by atoms with Gasteiger partial charge in [-0.05, 0) is 13.0 Å². The van der Waals surface area contributed by atoms with E-state index in [0.717, 1.165) is 11.1 Å². The zero-order valence-corrected chi connectivity index (χ0v) is 9.47. The van der Waals surface area contributed by atoms with Crippen molar-refractivity contribution in [2.75, 3.05) is 0 Å². The highest BCUT2D eigenvalue weighted by Crippen LogP contribution is 2.09. The lowest BCUT2D eigenvalue weighted by Gasteiger charge is -2.00. The topological polar surface area (TPSA) is 20.9 Å². The van der Waals surface area contributed by atoms with Crippen LogP contribution in [0, 0.1) is 6.92 Å². The average molecular weight is 212 g/mol. The van der Waals surface area contributed by atoms with Crippen LogP contribution in [0.15, 0.2) is 48.8 Å². The first-order valence-corrected chi connectivity index (χ1v) is 5.23. The number of hydrogen-bond donors (Lipinski definition) is 0. The van der Waals surface area contributed by atoms with Crippen LogP contribution in [-0.2, 0) is 7.05 Å². The van der Waals surface area contributed by atoms with Crippen LogP contribution >= 0.6 is 0 Å². The molecule has 1 heterocycles. The SMILES string of the molecule is Cc1ccc(C(=O)c2ccc[n+](C)c2)cc1. The Balaban J connectivity index is 2.35. The van der Waals surface area contributed by atoms with Crippen LogP contribution in [0.4, 0.5) is 0 Å². The van der Waals surface area contributed by atoms with Gasteiger partial charge in [0.05, 0.1) is 5.56 Å². The normalized spacial score (nSPS) is 10.1. The molecule has 0 saturated carbocycles. The quantitative estimate of drug-likeness (QED) is 0.551. The summed E-state index contributed by atoms with van der Waals surface area (Å²) >= 11 is 0. The lowest BCUT2D eigenvalue weighted by atomic mass is 10.0. The molecule has 16 heavy (non-hydrogen) atoms. The minimum atomic E-state index is 0.0659. The molecular formula is C14H14NO+. The lowest BCUT2D eigenvalue weighted by Crippen LogP contribution is -2.27. The van der Waals surface area contributed by atoms with Gasteiger partial charge in [0.25, 0.3) is 0 Å². The Morgan fingerprint density at radius 1 is 1.06 bits per heavy atom. The number of aryl methyl sites for hydroxylation is 2. The van der Waals surface area contributed by atoms with Crippen LogP contribution in [0.25, 0.3) is 0 Å². The molecule has 1 aromatic carbocycles. The molecule has 0 N–H and O–H groups in total. The molecule has 0 spiro atoms. The third-order valence-electron chi connectivity index (χ3n) is 2.52. The Hall–Kier alpha value is -1.96. The van der Waals surface area contributed by atoms with Gasteiger partial charge in [-0.3, -0.25) is 4.79 Å². The zero-order chi connectivity index (χ0) is 11.5. The summed E-state index contributed by atoms with van der Waals surface area (Å²) in [6, 6.07) is 11.4. The van der Waals surface area contributed by atoms with Crippen LogP contribution < -0.4 is 4.57 Å². The first-order chi connectivity index (χ1) is 7.66. The highest BCUT2D eigenvalue weighted by Gasteiger charge is 2.11. The number of ketones is 1. The van der Waals surface area contributed by atoms with Crippen LogP contribution in [0.3, 0.4) is 0 Å². The van der Waals surface area contributed by atoms with Gasteiger partial charge < -0.3 is 0 Å². The van der Waals surface area contributed by atoms with E-state index in [2.05, 4.69) is 0 Å². The average Bonchev–Trinajstić information content (AvgIpc) is 2.29. The molecule has 80 valence electrons. The number of nitrogens with zero attached hydrogens (tertiary/aromatic N) is 1. The predicted molar refractivity (Wildman–Crippen MR) is 62.2 cm³/mol. The Bertz CT molecular complexity index is 515. The summed E-state index contributed by atoms with van der Waals surface area (Å²) in [6.07, 6.45) is 3.74. The number of pyridine rings is 1. The largest absolute Gasteiger partial charge is 0.288 e. The fourth-order valence-electron chi connectivity index (χ4n) is 1.59. The first-order valence-electron chi connectivity index (χ1n) is 5.23. The molecule has 0 saturated heterocycles. The van der Waals surface area contributed by atoms with Gasteiger partial charge >= 0.3 is 0 Å². The van der Waals surface area contributed by atoms with Gasteiger partial charge in [0.1, 0.15) is 7.05 Å². The summed E-state index contributed by atoms with van der Waals surface area (Å²) in [5, 5.41) is 0. The number of aromatic nitrogens is 1. The van der Waals surface area contributed by atoms with Gasteiger partial charge in [-0.25, -0.2) is 4.57 Å². The minimum absolute atomic E-state index is 0.0659. The van der Waals surface area contributed by atoms with Crippen LogP contribution in [0.5, 0.6) is 0 Å². The predicted octanol–water partition coefficient (Wildman–Crippen LogP) is 2.05. The van der Waals surface area contributed by atoms with E-state index in [1.165, 1.54) is 0 Å². The van der Waals surface area contributed by atoms with Crippen LogP contribution in [-0.4, -0.2) is 5.78 Å². The second-order valence-electron chi connectivity index (χ2n) is 3.95. The van der Waals surface area contributed by atoms with E-state index < -0.39 is 0 Å². The van der Waals surface area contributed by atoms with Gasteiger partial charge in [0, 0.05) is 11.6 Å². The van der Waals surface area contributed by atoms with Gasteiger partial charge in [-0.1, -0.05) is 29.8 Å². The van der Waals surface area contributed by atoms with Crippen molar-refractivity contribution < 1.29 is 9.36 Å². The summed E-state index contributed by atoms with van der Waals surface area (Å²) in [7, 11) is 1.91. The van der Waals surface area contributed by atoms with E-state index in [9.17, 15) is 4.79 Å². The summed E-state index contributed by atoms with van der Waals surface area (Å²) < 4.78 is 1.88. The first kappa shape index (κ1) is 10.6. The van der Waals surface area contributed by atoms with Crippen molar-refractivity contribution in [2.24, 2.45) is 7.05 Å². The monoisotopic (exact) mass is 212 g/mol. The molecule has 1 aromatic heterocycles. The number of carbonyl (C=O) groups is 1. The third-order valence-corrected chi connectivity index (χ3v) is 2.52. The molecule has 0 bridgehead atoms. The molecule has 0 amide bonds. The molecule has 2 nitrogen and oxygen atoms in total. The second kappa shape index (κ2) is 4.27. The summed E-state index contributed by atoms with van der Waals surface area (Å²) in [5.41, 5.74) is 2.61. The van der Waals surface area contributed by atoms with Crippen molar-refractivity contribution in [2.45, 2.75) is 6.92 Å². The summed E-state index contributed by atoms with van der Waals surface area (Å²) in [5.74, 6) is 0.0659. The number of rotatable bonds is 2. The Morgan fingerprint density at radius 2 is 1.75 bits per heavy atom. The zero-order valence-electron chi connectivity index (χ0n) is 9.47. The fraction of sp³-hybridized carbons (Fsp3) is 0.143. The maximum absolute atomic E-state index is 12.1. The van der Waals surface area contributed by atoms with E-state index in [-0.39, 0.29) is 5.78 Å². The van der Waals surface area contributed by atoms with Crippen molar-refractivity contribution in [1.82, 2.24) is 0 Å². The fourth-order valence-corrected chi connectivity index (χ4v) is 1.59. The van der Waals surface area contributed by atoms with E-state index in [0.29, 0.717) is 5.56 Å². The van der Waals surface area contributed by atoms with Crippen molar-refractivity contribution in [3.05, 3.63) is 65.5 Å². The molecule has 2 aromatic rings. The highest BCUT2D eigenvalue weighted by molar-refractivity contribution is 6.08. The van der Waals surface area contributed by atoms with Gasteiger partial charge in [-0.15, -0.1) is 0 Å². The standard InChI is InChI=1S/C14H14NO/c1-11-5-7-12(8-6-11)14(16)13-4-3-9-15(2)10-13/h3-10H,1-2H3/q+1. The van der Waals surface area contributed by atoms with Gasteiger partial charge in [0.15, 0.2) is 18.2 Å². The molecule has 0 unspecified atom stereocenters. The summed E-state index contributed by atoms with van der Waals surface area (Å²) in [4.78, 5) is 12.1. The molecule has 0 fully saturated rings. The Labute approximate surface area is 95.2 Å². The molecule has 0 aliphatic rings. The maximum Gasteiger partial charge on any atom is 0.199 e. The van der Waals surface area contributed by atoms with Crippen molar-refractivity contribution >= 4 is 5.78 Å². The molecule has 2 rings (SSSR count). The van der Waals surface area contributed by atoms with Crippen molar-refractivity contribution in [3.8, 4) is 0 Å². The van der Waals surface area contributed by atoms with Crippen molar-refractivity contribution in [3.63, 3.8) is 0 Å². The molecule has 2 heteroatoms. The smallest absolute Gasteiger partial charge is 0.199 e. The molecule has 0 aliphatic heterocycles.